The second-order valence-electron chi connectivity index (χ2n) is 9.13. The highest BCUT2D eigenvalue weighted by Gasteiger charge is 2.61. The largest absolute Gasteiger partial charge is 0.462 e. The van der Waals surface area contributed by atoms with Gasteiger partial charge in [-0.1, -0.05) is 25.5 Å². The van der Waals surface area contributed by atoms with E-state index in [0.717, 1.165) is 32.1 Å². The van der Waals surface area contributed by atoms with Gasteiger partial charge in [0.25, 0.3) is 0 Å². The van der Waals surface area contributed by atoms with E-state index in [9.17, 15) is 14.4 Å². The molecule has 4 aliphatic carbocycles. The van der Waals surface area contributed by atoms with Gasteiger partial charge in [-0.2, -0.15) is 0 Å². The van der Waals surface area contributed by atoms with Gasteiger partial charge in [0.1, 0.15) is 17.7 Å². The van der Waals surface area contributed by atoms with Crippen molar-refractivity contribution in [3.05, 3.63) is 11.6 Å². The molecule has 4 rings (SSSR count). The van der Waals surface area contributed by atoms with Gasteiger partial charge in [-0.3, -0.25) is 14.4 Å². The zero-order chi connectivity index (χ0) is 18.0. The Bertz CT molecular complexity index is 677. The SMILES string of the molecule is CC(=O)O[C@H]1CC[C@@]2(C)C(=CC[C@@H]3[C@H]4CCC(=O)[C@]4(C)CC(=O)[C@H]32)C1. The van der Waals surface area contributed by atoms with E-state index in [2.05, 4.69) is 13.0 Å². The molecule has 6 atom stereocenters. The number of hydrogen-bond acceptors (Lipinski definition) is 4. The van der Waals surface area contributed by atoms with Crippen LogP contribution in [0.25, 0.3) is 0 Å². The number of fused-ring (bicyclic) bond motifs is 5. The first-order valence-electron chi connectivity index (χ1n) is 9.68. The second-order valence-corrected chi connectivity index (χ2v) is 9.13. The summed E-state index contributed by atoms with van der Waals surface area (Å²) in [4.78, 5) is 36.9. The maximum Gasteiger partial charge on any atom is 0.302 e. The Balaban J connectivity index is 1.66. The van der Waals surface area contributed by atoms with Crippen molar-refractivity contribution in [2.75, 3.05) is 0 Å². The molecule has 0 aliphatic heterocycles. The van der Waals surface area contributed by atoms with E-state index < -0.39 is 5.41 Å². The van der Waals surface area contributed by atoms with Crippen LogP contribution in [0.5, 0.6) is 0 Å². The minimum atomic E-state index is -0.422. The van der Waals surface area contributed by atoms with Gasteiger partial charge in [-0.15, -0.1) is 0 Å². The van der Waals surface area contributed by atoms with Crippen molar-refractivity contribution in [1.82, 2.24) is 0 Å². The predicted octanol–water partition coefficient (Wildman–Crippen LogP) is 3.63. The molecule has 4 nitrogen and oxygen atoms in total. The summed E-state index contributed by atoms with van der Waals surface area (Å²) in [6, 6.07) is 0. The maximum atomic E-state index is 13.2. The molecule has 0 bridgehead atoms. The molecule has 0 amide bonds. The van der Waals surface area contributed by atoms with E-state index in [1.165, 1.54) is 12.5 Å². The number of ketones is 2. The highest BCUT2D eigenvalue weighted by molar-refractivity contribution is 5.95. The van der Waals surface area contributed by atoms with E-state index in [1.54, 1.807) is 0 Å². The van der Waals surface area contributed by atoms with E-state index in [0.29, 0.717) is 30.5 Å². The van der Waals surface area contributed by atoms with Crippen molar-refractivity contribution in [2.24, 2.45) is 28.6 Å². The van der Waals surface area contributed by atoms with Crippen molar-refractivity contribution in [2.45, 2.75) is 71.8 Å². The number of esters is 1. The van der Waals surface area contributed by atoms with Crippen molar-refractivity contribution in [3.63, 3.8) is 0 Å². The quantitative estimate of drug-likeness (QED) is 0.538. The van der Waals surface area contributed by atoms with E-state index >= 15 is 0 Å². The molecule has 0 aromatic carbocycles. The molecule has 0 saturated heterocycles. The Morgan fingerprint density at radius 3 is 2.68 bits per heavy atom. The standard InChI is InChI=1S/C21H28O4/c1-12(22)25-14-8-9-20(2)13(10-14)4-5-15-16-6-7-18(24)21(16,3)11-17(23)19(15)20/h4,14-16,19H,5-11H2,1-3H3/t14-,15+,16+,19-,20-,21+/m0/s1. The van der Waals surface area contributed by atoms with Gasteiger partial charge >= 0.3 is 5.97 Å². The molecular formula is C21H28O4. The lowest BCUT2D eigenvalue weighted by molar-refractivity contribution is -0.153. The Labute approximate surface area is 149 Å². The van der Waals surface area contributed by atoms with Gasteiger partial charge in [0.15, 0.2) is 0 Å². The lowest BCUT2D eigenvalue weighted by atomic mass is 9.47. The summed E-state index contributed by atoms with van der Waals surface area (Å²) >= 11 is 0. The number of carbonyl (C=O) groups excluding carboxylic acids is 3. The third kappa shape index (κ3) is 2.36. The number of allylic oxidation sites excluding steroid dienone is 1. The number of ether oxygens (including phenoxy) is 1. The van der Waals surface area contributed by atoms with Crippen LogP contribution in [-0.2, 0) is 19.1 Å². The van der Waals surface area contributed by atoms with Crippen molar-refractivity contribution in [3.8, 4) is 0 Å². The van der Waals surface area contributed by atoms with Gasteiger partial charge in [0, 0.05) is 37.5 Å². The minimum absolute atomic E-state index is 0.0368. The average molecular weight is 344 g/mol. The maximum absolute atomic E-state index is 13.2. The fourth-order valence-electron chi connectivity index (χ4n) is 6.57. The fraction of sp³-hybridized carbons (Fsp3) is 0.762. The van der Waals surface area contributed by atoms with Crippen LogP contribution in [0.3, 0.4) is 0 Å². The second kappa shape index (κ2) is 5.52. The topological polar surface area (TPSA) is 60.4 Å². The van der Waals surface area contributed by atoms with Crippen LogP contribution in [0, 0.1) is 28.6 Å². The molecule has 3 saturated carbocycles. The summed E-state index contributed by atoms with van der Waals surface area (Å²) in [5.41, 5.74) is 0.755. The molecule has 0 aromatic rings. The number of Topliss-reactive ketones (excluding diaryl/α,β-unsaturated/α-hetero) is 2. The zero-order valence-corrected chi connectivity index (χ0v) is 15.5. The number of carbonyl (C=O) groups is 3. The van der Waals surface area contributed by atoms with Crippen LogP contribution in [-0.4, -0.2) is 23.6 Å². The molecule has 0 heterocycles. The smallest absolute Gasteiger partial charge is 0.302 e. The lowest BCUT2D eigenvalue weighted by Gasteiger charge is -2.55. The molecule has 4 aliphatic rings. The fourth-order valence-corrected chi connectivity index (χ4v) is 6.57. The average Bonchev–Trinajstić information content (AvgIpc) is 2.82. The van der Waals surface area contributed by atoms with Crippen LogP contribution >= 0.6 is 0 Å². The molecule has 0 spiro atoms. The first kappa shape index (κ1) is 17.0. The van der Waals surface area contributed by atoms with Crippen molar-refractivity contribution >= 4 is 17.5 Å². The predicted molar refractivity (Wildman–Crippen MR) is 92.7 cm³/mol. The third-order valence-electron chi connectivity index (χ3n) is 7.79. The molecule has 136 valence electrons. The van der Waals surface area contributed by atoms with Crippen LogP contribution in [0.15, 0.2) is 11.6 Å². The summed E-state index contributed by atoms with van der Waals surface area (Å²) in [5.74, 6) is 1.05. The summed E-state index contributed by atoms with van der Waals surface area (Å²) in [6.45, 7) is 5.72. The summed E-state index contributed by atoms with van der Waals surface area (Å²) in [6.07, 6.45) is 7.62. The van der Waals surface area contributed by atoms with Gasteiger partial charge in [-0.25, -0.2) is 0 Å². The van der Waals surface area contributed by atoms with Gasteiger partial charge in [-0.05, 0) is 42.9 Å². The van der Waals surface area contributed by atoms with Crippen molar-refractivity contribution < 1.29 is 19.1 Å². The monoisotopic (exact) mass is 344 g/mol. The van der Waals surface area contributed by atoms with Crippen LogP contribution < -0.4 is 0 Å². The Morgan fingerprint density at radius 1 is 1.20 bits per heavy atom. The van der Waals surface area contributed by atoms with E-state index in [1.807, 2.05) is 6.92 Å². The Kier molecular flexibility index (Phi) is 3.75. The summed E-state index contributed by atoms with van der Waals surface area (Å²) in [7, 11) is 0. The molecule has 4 heteroatoms. The van der Waals surface area contributed by atoms with Crippen LogP contribution in [0.4, 0.5) is 0 Å². The summed E-state index contributed by atoms with van der Waals surface area (Å²) < 4.78 is 5.44. The Morgan fingerprint density at radius 2 is 1.96 bits per heavy atom. The van der Waals surface area contributed by atoms with Gasteiger partial charge in [0.05, 0.1) is 0 Å². The first-order chi connectivity index (χ1) is 11.8. The first-order valence-corrected chi connectivity index (χ1v) is 9.68. The minimum Gasteiger partial charge on any atom is -0.462 e. The van der Waals surface area contributed by atoms with Gasteiger partial charge < -0.3 is 4.74 Å². The molecule has 3 fully saturated rings. The highest BCUT2D eigenvalue weighted by Crippen LogP contribution is 2.62. The molecular weight excluding hydrogens is 316 g/mol. The van der Waals surface area contributed by atoms with Gasteiger partial charge in [0.2, 0.25) is 0 Å². The van der Waals surface area contributed by atoms with Crippen LogP contribution in [0.1, 0.15) is 65.7 Å². The molecule has 0 unspecified atom stereocenters. The lowest BCUT2D eigenvalue weighted by Crippen LogP contribution is -2.55. The third-order valence-corrected chi connectivity index (χ3v) is 7.79. The molecule has 0 N–H and O–H groups in total. The Hall–Kier alpha value is -1.45. The van der Waals surface area contributed by atoms with Crippen LogP contribution in [0.2, 0.25) is 0 Å². The molecule has 0 aromatic heterocycles. The number of rotatable bonds is 1. The highest BCUT2D eigenvalue weighted by atomic mass is 16.5. The molecule has 25 heavy (non-hydrogen) atoms. The summed E-state index contributed by atoms with van der Waals surface area (Å²) in [5, 5.41) is 0. The zero-order valence-electron chi connectivity index (χ0n) is 15.5. The molecule has 0 radical (unpaired) electrons. The van der Waals surface area contributed by atoms with Crippen molar-refractivity contribution in [1.29, 1.82) is 0 Å². The van der Waals surface area contributed by atoms with E-state index in [4.69, 9.17) is 4.74 Å². The van der Waals surface area contributed by atoms with E-state index in [-0.39, 0.29) is 29.2 Å². The number of hydrogen-bond donors (Lipinski definition) is 0. The normalized spacial score (nSPS) is 46.0.